The second-order valence-electron chi connectivity index (χ2n) is 9.72. The monoisotopic (exact) mass is 536 g/mol. The number of amides is 3. The van der Waals surface area contributed by atoms with Crippen LogP contribution in [0.1, 0.15) is 28.8 Å². The van der Waals surface area contributed by atoms with Crippen molar-refractivity contribution in [1.82, 2.24) is 9.80 Å². The van der Waals surface area contributed by atoms with Crippen LogP contribution in [0.15, 0.2) is 84.9 Å². The molecule has 0 unspecified atom stereocenters. The SMILES string of the molecule is O=C(CN1CN(c2ccccc2)C2(CCN(C(=O)c3cccc(C(F)(F)F)c3)CC2)C1=O)Nc1ccccc1. The number of nitrogens with zero attached hydrogens (tertiary/aromatic N) is 3. The maximum atomic E-state index is 13.8. The Labute approximate surface area is 223 Å². The summed E-state index contributed by atoms with van der Waals surface area (Å²) in [5.74, 6) is -1.04. The van der Waals surface area contributed by atoms with Crippen LogP contribution >= 0.6 is 0 Å². The molecule has 7 nitrogen and oxygen atoms in total. The predicted molar refractivity (Wildman–Crippen MR) is 140 cm³/mol. The first-order chi connectivity index (χ1) is 18.7. The van der Waals surface area contributed by atoms with Gasteiger partial charge in [-0.05, 0) is 55.3 Å². The lowest BCUT2D eigenvalue weighted by Crippen LogP contribution is -2.57. The van der Waals surface area contributed by atoms with E-state index in [1.54, 1.807) is 24.3 Å². The van der Waals surface area contributed by atoms with Gasteiger partial charge in [0.15, 0.2) is 0 Å². The van der Waals surface area contributed by atoms with Gasteiger partial charge in [0.05, 0.1) is 12.2 Å². The molecule has 3 amide bonds. The summed E-state index contributed by atoms with van der Waals surface area (Å²) in [6.45, 7) is 0.445. The highest BCUT2D eigenvalue weighted by atomic mass is 19.4. The van der Waals surface area contributed by atoms with E-state index >= 15 is 0 Å². The minimum atomic E-state index is -4.55. The zero-order chi connectivity index (χ0) is 27.6. The minimum absolute atomic E-state index is 0.0438. The van der Waals surface area contributed by atoms with Gasteiger partial charge >= 0.3 is 6.18 Å². The average molecular weight is 537 g/mol. The van der Waals surface area contributed by atoms with Gasteiger partial charge in [-0.1, -0.05) is 42.5 Å². The highest BCUT2D eigenvalue weighted by molar-refractivity contribution is 6.00. The van der Waals surface area contributed by atoms with Crippen molar-refractivity contribution >= 4 is 29.1 Å². The number of halogens is 3. The van der Waals surface area contributed by atoms with Gasteiger partial charge in [0, 0.05) is 30.0 Å². The van der Waals surface area contributed by atoms with E-state index in [0.29, 0.717) is 5.69 Å². The van der Waals surface area contributed by atoms with Crippen LogP contribution in [0.3, 0.4) is 0 Å². The molecule has 2 fully saturated rings. The van der Waals surface area contributed by atoms with Crippen LogP contribution in [0.25, 0.3) is 0 Å². The Morgan fingerprint density at radius 3 is 2.15 bits per heavy atom. The maximum Gasteiger partial charge on any atom is 0.416 e. The Balaban J connectivity index is 1.34. The molecule has 0 aliphatic carbocycles. The number of alkyl halides is 3. The average Bonchev–Trinajstić information content (AvgIpc) is 3.19. The van der Waals surface area contributed by atoms with Gasteiger partial charge in [-0.15, -0.1) is 0 Å². The van der Waals surface area contributed by atoms with E-state index in [4.69, 9.17) is 0 Å². The highest BCUT2D eigenvalue weighted by Crippen LogP contribution is 2.40. The molecule has 1 spiro atoms. The first-order valence-electron chi connectivity index (χ1n) is 12.6. The Hall–Kier alpha value is -4.34. The largest absolute Gasteiger partial charge is 0.416 e. The van der Waals surface area contributed by atoms with Gasteiger partial charge in [-0.25, -0.2) is 0 Å². The maximum absolute atomic E-state index is 13.8. The number of rotatable bonds is 5. The zero-order valence-corrected chi connectivity index (χ0v) is 21.0. The Bertz CT molecular complexity index is 1360. The van der Waals surface area contributed by atoms with Gasteiger partial charge in [0.25, 0.3) is 11.8 Å². The molecule has 2 aliphatic heterocycles. The second-order valence-corrected chi connectivity index (χ2v) is 9.72. The number of hydrogen-bond donors (Lipinski definition) is 1. The number of likely N-dealkylation sites (tertiary alicyclic amines) is 1. The van der Waals surface area contributed by atoms with E-state index < -0.39 is 23.2 Å². The van der Waals surface area contributed by atoms with Crippen LogP contribution in [-0.2, 0) is 15.8 Å². The molecule has 202 valence electrons. The fourth-order valence-electron chi connectivity index (χ4n) is 5.31. The van der Waals surface area contributed by atoms with Crippen molar-refractivity contribution in [3.8, 4) is 0 Å². The van der Waals surface area contributed by atoms with Crippen LogP contribution in [0.5, 0.6) is 0 Å². The summed E-state index contributed by atoms with van der Waals surface area (Å²) in [6.07, 6.45) is -3.99. The van der Waals surface area contributed by atoms with Gasteiger partial charge in [-0.2, -0.15) is 13.2 Å². The molecular formula is C29H27F3N4O3. The van der Waals surface area contributed by atoms with E-state index in [9.17, 15) is 27.6 Å². The molecule has 5 rings (SSSR count). The van der Waals surface area contributed by atoms with E-state index in [1.807, 2.05) is 41.3 Å². The number of carbonyl (C=O) groups is 3. The third-order valence-corrected chi connectivity index (χ3v) is 7.29. The normalized spacial score (nSPS) is 17.0. The molecule has 0 bridgehead atoms. The van der Waals surface area contributed by atoms with Crippen molar-refractivity contribution < 1.29 is 27.6 Å². The molecule has 2 aliphatic rings. The molecule has 3 aromatic rings. The van der Waals surface area contributed by atoms with Crippen molar-refractivity contribution in [3.05, 3.63) is 96.1 Å². The summed E-state index contributed by atoms with van der Waals surface area (Å²) < 4.78 is 39.5. The molecule has 0 atom stereocenters. The Morgan fingerprint density at radius 2 is 1.51 bits per heavy atom. The third kappa shape index (κ3) is 5.32. The van der Waals surface area contributed by atoms with Crippen molar-refractivity contribution in [2.75, 3.05) is 36.5 Å². The fraction of sp³-hybridized carbons (Fsp3) is 0.276. The molecule has 0 radical (unpaired) electrons. The predicted octanol–water partition coefficient (Wildman–Crippen LogP) is 4.63. The van der Waals surface area contributed by atoms with Crippen molar-refractivity contribution in [1.29, 1.82) is 0 Å². The molecule has 2 heterocycles. The third-order valence-electron chi connectivity index (χ3n) is 7.29. The van der Waals surface area contributed by atoms with Crippen LogP contribution < -0.4 is 10.2 Å². The van der Waals surface area contributed by atoms with Crippen LogP contribution in [0.4, 0.5) is 24.5 Å². The van der Waals surface area contributed by atoms with Gasteiger partial charge in [-0.3, -0.25) is 14.4 Å². The molecule has 0 saturated carbocycles. The number of piperidine rings is 1. The Kier molecular flexibility index (Phi) is 7.03. The van der Waals surface area contributed by atoms with E-state index in [-0.39, 0.29) is 56.5 Å². The van der Waals surface area contributed by atoms with E-state index in [0.717, 1.165) is 17.8 Å². The quantitative estimate of drug-likeness (QED) is 0.517. The number of hydrogen-bond acceptors (Lipinski definition) is 4. The number of para-hydroxylation sites is 2. The molecule has 2 saturated heterocycles. The Morgan fingerprint density at radius 1 is 0.872 bits per heavy atom. The van der Waals surface area contributed by atoms with Crippen molar-refractivity contribution in [2.45, 2.75) is 24.6 Å². The van der Waals surface area contributed by atoms with Crippen molar-refractivity contribution in [3.63, 3.8) is 0 Å². The summed E-state index contributed by atoms with van der Waals surface area (Å²) in [5, 5.41) is 2.81. The second kappa shape index (κ2) is 10.4. The fourth-order valence-corrected chi connectivity index (χ4v) is 5.31. The van der Waals surface area contributed by atoms with Crippen LogP contribution in [0, 0.1) is 0 Å². The number of carbonyl (C=O) groups excluding carboxylic acids is 3. The first kappa shape index (κ1) is 26.3. The smallest absolute Gasteiger partial charge is 0.339 e. The van der Waals surface area contributed by atoms with Crippen molar-refractivity contribution in [2.24, 2.45) is 0 Å². The molecular weight excluding hydrogens is 509 g/mol. The lowest BCUT2D eigenvalue weighted by molar-refractivity contribution is -0.137. The summed E-state index contributed by atoms with van der Waals surface area (Å²) in [4.78, 5) is 44.7. The van der Waals surface area contributed by atoms with E-state index in [1.165, 1.54) is 21.9 Å². The molecule has 1 N–H and O–H groups in total. The molecule has 10 heteroatoms. The van der Waals surface area contributed by atoms with Crippen LogP contribution in [0.2, 0.25) is 0 Å². The summed E-state index contributed by atoms with van der Waals surface area (Å²) in [7, 11) is 0. The lowest BCUT2D eigenvalue weighted by atomic mass is 9.85. The van der Waals surface area contributed by atoms with Gasteiger partial charge in [0.1, 0.15) is 12.1 Å². The number of nitrogens with one attached hydrogen (secondary N) is 1. The number of anilines is 2. The first-order valence-corrected chi connectivity index (χ1v) is 12.6. The standard InChI is InChI=1S/C29H27F3N4O3/c30-29(31,32)22-9-7-8-21(18-22)26(38)34-16-14-28(15-17-34)27(39)35(20-36(28)24-12-5-2-6-13-24)19-25(37)33-23-10-3-1-4-11-23/h1-13,18H,14-17,19-20H2,(H,33,37). The van der Waals surface area contributed by atoms with Gasteiger partial charge < -0.3 is 20.0 Å². The topological polar surface area (TPSA) is 73.0 Å². The lowest BCUT2D eigenvalue weighted by Gasteiger charge is -2.43. The molecule has 3 aromatic carbocycles. The summed E-state index contributed by atoms with van der Waals surface area (Å²) in [6, 6.07) is 22.7. The zero-order valence-electron chi connectivity index (χ0n) is 21.0. The van der Waals surface area contributed by atoms with Crippen LogP contribution in [-0.4, -0.2) is 59.4 Å². The molecule has 0 aromatic heterocycles. The number of benzene rings is 3. The molecule has 39 heavy (non-hydrogen) atoms. The minimum Gasteiger partial charge on any atom is -0.339 e. The van der Waals surface area contributed by atoms with Gasteiger partial charge in [0.2, 0.25) is 5.91 Å². The summed E-state index contributed by atoms with van der Waals surface area (Å²) >= 11 is 0. The summed E-state index contributed by atoms with van der Waals surface area (Å²) in [5.41, 5.74) is -0.455. The highest BCUT2D eigenvalue weighted by Gasteiger charge is 2.54. The van der Waals surface area contributed by atoms with E-state index in [2.05, 4.69) is 5.32 Å².